The van der Waals surface area contributed by atoms with Gasteiger partial charge in [0.05, 0.1) is 26.4 Å². The first-order valence-electron chi connectivity index (χ1n) is 45.3. The average Bonchev–Trinajstić information content (AvgIpc) is 0.900. The van der Waals surface area contributed by atoms with Crippen LogP contribution in [-0.4, -0.2) is 96.7 Å². The van der Waals surface area contributed by atoms with Crippen molar-refractivity contribution < 1.29 is 80.2 Å². The van der Waals surface area contributed by atoms with Crippen molar-refractivity contribution in [3.63, 3.8) is 0 Å². The van der Waals surface area contributed by atoms with Gasteiger partial charge in [0.1, 0.15) is 19.3 Å². The third-order valence-corrected chi connectivity index (χ3v) is 22.5. The van der Waals surface area contributed by atoms with Gasteiger partial charge in [0, 0.05) is 25.7 Å². The van der Waals surface area contributed by atoms with Crippen LogP contribution >= 0.6 is 15.6 Å². The maximum absolute atomic E-state index is 13.2. The molecule has 0 saturated heterocycles. The predicted octanol–water partition coefficient (Wildman–Crippen LogP) is 26.9. The Hall–Kier alpha value is -1.94. The van der Waals surface area contributed by atoms with Gasteiger partial charge in [-0.1, -0.05) is 426 Å². The molecule has 5 atom stereocenters. The van der Waals surface area contributed by atoms with Crippen LogP contribution in [0, 0.1) is 0 Å². The summed E-state index contributed by atoms with van der Waals surface area (Å²) in [5.41, 5.74) is 0. The van der Waals surface area contributed by atoms with E-state index < -0.39 is 97.5 Å². The lowest BCUT2D eigenvalue weighted by atomic mass is 10.0. The summed E-state index contributed by atoms with van der Waals surface area (Å²) in [6, 6.07) is 0. The molecule has 0 aliphatic rings. The molecule has 0 amide bonds. The minimum atomic E-state index is -4.96. The fourth-order valence-corrected chi connectivity index (χ4v) is 15.3. The van der Waals surface area contributed by atoms with Gasteiger partial charge in [-0.15, -0.1) is 0 Å². The van der Waals surface area contributed by atoms with Crippen molar-refractivity contribution in [2.24, 2.45) is 0 Å². The van der Waals surface area contributed by atoms with Crippen LogP contribution in [0.15, 0.2) is 0 Å². The van der Waals surface area contributed by atoms with Crippen LogP contribution in [0.5, 0.6) is 0 Å². The summed E-state index contributed by atoms with van der Waals surface area (Å²) in [5.74, 6) is -2.10. The van der Waals surface area contributed by atoms with Gasteiger partial charge in [-0.05, 0) is 25.7 Å². The molecule has 0 fully saturated rings. The van der Waals surface area contributed by atoms with E-state index in [9.17, 15) is 43.2 Å². The van der Waals surface area contributed by atoms with E-state index in [0.717, 1.165) is 89.9 Å². The Bertz CT molecular complexity index is 2000. The largest absolute Gasteiger partial charge is 0.472 e. The third-order valence-electron chi connectivity index (χ3n) is 20.6. The predicted molar refractivity (Wildman–Crippen MR) is 437 cm³/mol. The Kier molecular flexibility index (Phi) is 79.6. The summed E-state index contributed by atoms with van der Waals surface area (Å²) in [6.45, 7) is 5.05. The highest BCUT2D eigenvalue weighted by Crippen LogP contribution is 2.45. The minimum Gasteiger partial charge on any atom is -0.462 e. The van der Waals surface area contributed by atoms with Crippen molar-refractivity contribution in [2.75, 3.05) is 39.6 Å². The Morgan fingerprint density at radius 2 is 0.377 bits per heavy atom. The lowest BCUT2D eigenvalue weighted by molar-refractivity contribution is -0.161. The number of hydrogen-bond acceptors (Lipinski definition) is 15. The number of rotatable bonds is 88. The lowest BCUT2D eigenvalue weighted by Gasteiger charge is -2.21. The van der Waals surface area contributed by atoms with Crippen LogP contribution in [0.3, 0.4) is 0 Å². The summed E-state index contributed by atoms with van der Waals surface area (Å²) < 4.78 is 68.9. The van der Waals surface area contributed by atoms with Crippen molar-refractivity contribution in [3.8, 4) is 0 Å². The van der Waals surface area contributed by atoms with Gasteiger partial charge < -0.3 is 33.8 Å². The summed E-state index contributed by atoms with van der Waals surface area (Å²) in [6.07, 6.45) is 76.5. The number of phosphoric ester groups is 2. The normalized spacial score (nSPS) is 13.7. The van der Waals surface area contributed by atoms with Gasteiger partial charge in [-0.2, -0.15) is 0 Å². The molecule has 3 N–H and O–H groups in total. The molecule has 0 aliphatic carbocycles. The summed E-state index contributed by atoms with van der Waals surface area (Å²) >= 11 is 0. The smallest absolute Gasteiger partial charge is 0.462 e. The number of aliphatic hydroxyl groups is 1. The van der Waals surface area contributed by atoms with Crippen LogP contribution in [0.4, 0.5) is 0 Å². The Labute approximate surface area is 651 Å². The quantitative estimate of drug-likeness (QED) is 0.0222. The van der Waals surface area contributed by atoms with E-state index in [1.54, 1.807) is 0 Å². The number of ether oxygens (including phenoxy) is 4. The van der Waals surface area contributed by atoms with Crippen molar-refractivity contribution in [1.82, 2.24) is 0 Å². The van der Waals surface area contributed by atoms with E-state index in [1.165, 1.54) is 308 Å². The number of carbonyl (C=O) groups is 4. The fourth-order valence-electron chi connectivity index (χ4n) is 13.7. The zero-order chi connectivity index (χ0) is 77.4. The second kappa shape index (κ2) is 81.1. The molecule has 0 aromatic heterocycles. The first kappa shape index (κ1) is 104. The molecule has 0 aromatic carbocycles. The fraction of sp³-hybridized carbons (Fsp3) is 0.954. The number of phosphoric acid groups is 2. The number of unbranched alkanes of at least 4 members (excludes halogenated alkanes) is 62. The second-order valence-corrected chi connectivity index (χ2v) is 34.2. The van der Waals surface area contributed by atoms with Crippen LogP contribution in [0.2, 0.25) is 0 Å². The maximum Gasteiger partial charge on any atom is 0.472 e. The van der Waals surface area contributed by atoms with Crippen LogP contribution < -0.4 is 0 Å². The first-order chi connectivity index (χ1) is 51.7. The highest BCUT2D eigenvalue weighted by molar-refractivity contribution is 7.47. The number of aliphatic hydroxyl groups excluding tert-OH is 1. The van der Waals surface area contributed by atoms with Crippen LogP contribution in [-0.2, 0) is 65.4 Å². The highest BCUT2D eigenvalue weighted by atomic mass is 31.2. The Morgan fingerprint density at radius 1 is 0.226 bits per heavy atom. The monoisotopic (exact) mass is 1550 g/mol. The lowest BCUT2D eigenvalue weighted by Crippen LogP contribution is -2.30. The number of esters is 4. The summed E-state index contributed by atoms with van der Waals surface area (Å²) in [4.78, 5) is 73.2. The van der Waals surface area contributed by atoms with Crippen molar-refractivity contribution >= 4 is 39.5 Å². The number of carbonyl (C=O) groups excluding carboxylic acids is 4. The molecule has 19 heteroatoms. The SMILES string of the molecule is CCCCCCCCCCCCCCCCCCCCCCCCC(=O)O[C@H](COC(=O)CCCCCCCCCCCCCCCCCCCC)COP(=O)(O)OC[C@@H](O)COP(=O)(O)OC[C@@H](COC(=O)CCCCCCCCCCC)OC(=O)CCCCCCCCCCCCCCCCCCC. The van der Waals surface area contributed by atoms with Gasteiger partial charge in [0.25, 0.3) is 0 Å². The first-order valence-corrected chi connectivity index (χ1v) is 48.3. The highest BCUT2D eigenvalue weighted by Gasteiger charge is 2.30. The molecule has 0 bridgehead atoms. The van der Waals surface area contributed by atoms with Gasteiger partial charge in [-0.3, -0.25) is 37.3 Å². The zero-order valence-corrected chi connectivity index (χ0v) is 71.2. The van der Waals surface area contributed by atoms with Crippen molar-refractivity contribution in [3.05, 3.63) is 0 Å². The molecular weight excluding hydrogens is 1380 g/mol. The molecule has 0 rings (SSSR count). The molecular formula is C87H170O17P2. The molecule has 0 radical (unpaired) electrons. The molecule has 0 aromatic rings. The molecule has 106 heavy (non-hydrogen) atoms. The van der Waals surface area contributed by atoms with E-state index in [0.29, 0.717) is 25.7 Å². The molecule has 2 unspecified atom stereocenters. The van der Waals surface area contributed by atoms with Crippen molar-refractivity contribution in [2.45, 2.75) is 495 Å². The third kappa shape index (κ3) is 80.1. The van der Waals surface area contributed by atoms with Crippen molar-refractivity contribution in [1.29, 1.82) is 0 Å². The minimum absolute atomic E-state index is 0.109. The molecule has 0 aliphatic heterocycles. The van der Waals surface area contributed by atoms with E-state index in [1.807, 2.05) is 0 Å². The van der Waals surface area contributed by atoms with Gasteiger partial charge in [0.15, 0.2) is 12.2 Å². The molecule has 630 valence electrons. The molecule has 0 heterocycles. The van der Waals surface area contributed by atoms with E-state index in [4.69, 9.17) is 37.0 Å². The van der Waals surface area contributed by atoms with Gasteiger partial charge in [-0.25, -0.2) is 9.13 Å². The topological polar surface area (TPSA) is 237 Å². The van der Waals surface area contributed by atoms with E-state index in [2.05, 4.69) is 27.7 Å². The standard InChI is InChI=1S/C87H170O17P2/c1-5-9-13-17-21-25-28-31-34-37-39-40-41-42-45-48-51-54-58-62-66-70-74-87(92)104-83(78-98-85(90)72-68-64-60-56-52-49-46-44-38-35-32-29-26-22-18-14-10-6-2)80-102-106(95,96)100-76-81(88)75-99-105(93,94)101-79-82(77-97-84(89)71-67-63-59-55-24-20-16-12-8-4)103-86(91)73-69-65-61-57-53-50-47-43-36-33-30-27-23-19-15-11-7-3/h81-83,88H,5-80H2,1-4H3,(H,93,94)(H,95,96)/t81-,82+,83+/m0/s1. The summed E-state index contributed by atoms with van der Waals surface area (Å²) in [7, 11) is -9.92. The average molecular weight is 1550 g/mol. The van der Waals surface area contributed by atoms with E-state index in [-0.39, 0.29) is 25.7 Å². The number of hydrogen-bond donors (Lipinski definition) is 3. The van der Waals surface area contributed by atoms with Gasteiger partial charge in [0.2, 0.25) is 0 Å². The van der Waals surface area contributed by atoms with Crippen LogP contribution in [0.25, 0.3) is 0 Å². The zero-order valence-electron chi connectivity index (χ0n) is 69.4. The van der Waals surface area contributed by atoms with E-state index >= 15 is 0 Å². The molecule has 17 nitrogen and oxygen atoms in total. The van der Waals surface area contributed by atoms with Gasteiger partial charge >= 0.3 is 39.5 Å². The van der Waals surface area contributed by atoms with Crippen LogP contribution in [0.1, 0.15) is 477 Å². The second-order valence-electron chi connectivity index (χ2n) is 31.3. The molecule has 0 spiro atoms. The summed E-state index contributed by atoms with van der Waals surface area (Å²) in [5, 5.41) is 10.7. The maximum atomic E-state index is 13.2. The Balaban J connectivity index is 5.19. The Morgan fingerprint density at radius 3 is 0.557 bits per heavy atom. The molecule has 0 saturated carbocycles.